The Morgan fingerprint density at radius 3 is 2.26 bits per heavy atom. The molecule has 1 heterocycles. The molecule has 0 aliphatic carbocycles. The van der Waals surface area contributed by atoms with E-state index < -0.39 is 11.7 Å². The number of rotatable bonds is 1. The predicted octanol–water partition coefficient (Wildman–Crippen LogP) is 4.65. The zero-order valence-corrected chi connectivity index (χ0v) is 9.75. The van der Waals surface area contributed by atoms with E-state index in [4.69, 9.17) is 0 Å². The second-order valence-electron chi connectivity index (χ2n) is 4.29. The molecule has 0 saturated carbocycles. The summed E-state index contributed by atoms with van der Waals surface area (Å²) >= 11 is 0. The minimum Gasteiger partial charge on any atom is -0.353 e. The fraction of sp³-hybridized carbons (Fsp3) is 0.0667. The van der Waals surface area contributed by atoms with Crippen molar-refractivity contribution < 1.29 is 13.2 Å². The Kier molecular flexibility index (Phi) is 2.59. The molecule has 0 fully saturated rings. The Balaban J connectivity index is 2.01. The third-order valence-electron chi connectivity index (χ3n) is 3.03. The highest BCUT2D eigenvalue weighted by atomic mass is 19.4. The molecule has 0 aliphatic heterocycles. The number of alkyl halides is 3. The van der Waals surface area contributed by atoms with Crippen LogP contribution in [0, 0.1) is 6.20 Å². The maximum Gasteiger partial charge on any atom is 0.416 e. The van der Waals surface area contributed by atoms with E-state index >= 15 is 0 Å². The number of aromatic amines is 1. The van der Waals surface area contributed by atoms with E-state index in [-0.39, 0.29) is 0 Å². The van der Waals surface area contributed by atoms with E-state index in [1.165, 1.54) is 12.1 Å². The van der Waals surface area contributed by atoms with E-state index in [0.29, 0.717) is 0 Å². The number of aromatic nitrogens is 1. The van der Waals surface area contributed by atoms with Crippen LogP contribution in [0.5, 0.6) is 0 Å². The van der Waals surface area contributed by atoms with Crippen molar-refractivity contribution in [3.63, 3.8) is 0 Å². The van der Waals surface area contributed by atoms with Gasteiger partial charge in [-0.1, -0.05) is 18.2 Å². The second-order valence-corrected chi connectivity index (χ2v) is 4.29. The third kappa shape index (κ3) is 2.21. The summed E-state index contributed by atoms with van der Waals surface area (Å²) in [6, 6.07) is 12.7. The van der Waals surface area contributed by atoms with E-state index in [9.17, 15) is 13.2 Å². The van der Waals surface area contributed by atoms with Crippen LogP contribution in [0.4, 0.5) is 13.2 Å². The third-order valence-corrected chi connectivity index (χ3v) is 3.03. The van der Waals surface area contributed by atoms with Crippen molar-refractivity contribution in [3.05, 3.63) is 60.3 Å². The first kappa shape index (κ1) is 11.8. The van der Waals surface area contributed by atoms with Crippen LogP contribution in [0.15, 0.2) is 48.5 Å². The van der Waals surface area contributed by atoms with Crippen molar-refractivity contribution in [2.75, 3.05) is 0 Å². The molecular formula is C15H9F3N. The number of hydrogen-bond donors (Lipinski definition) is 1. The van der Waals surface area contributed by atoms with Gasteiger partial charge in [0.05, 0.1) is 11.8 Å². The molecule has 0 spiro atoms. The van der Waals surface area contributed by atoms with Crippen molar-refractivity contribution >= 4 is 10.9 Å². The highest BCUT2D eigenvalue weighted by Gasteiger charge is 2.29. The van der Waals surface area contributed by atoms with Gasteiger partial charge in [0.15, 0.2) is 0 Å². The smallest absolute Gasteiger partial charge is 0.353 e. The normalized spacial score (nSPS) is 11.9. The van der Waals surface area contributed by atoms with E-state index in [1.54, 1.807) is 0 Å². The summed E-state index contributed by atoms with van der Waals surface area (Å²) in [7, 11) is 0. The van der Waals surface area contributed by atoms with Gasteiger partial charge in [-0.15, -0.1) is 0 Å². The van der Waals surface area contributed by atoms with Crippen molar-refractivity contribution in [1.29, 1.82) is 0 Å². The average Bonchev–Trinajstić information content (AvgIpc) is 2.85. The highest BCUT2D eigenvalue weighted by molar-refractivity contribution is 5.84. The standard InChI is InChI=1S/C15H9F3N/c16-15(17,18)13-4-1-10(2-5-13)11-3-6-14-12(9-11)7-8-19-14/h1-7,9,19H. The van der Waals surface area contributed by atoms with Gasteiger partial charge in [0.2, 0.25) is 0 Å². The maximum absolute atomic E-state index is 12.5. The van der Waals surface area contributed by atoms with Crippen molar-refractivity contribution in [3.8, 4) is 11.1 Å². The van der Waals surface area contributed by atoms with Gasteiger partial charge in [0, 0.05) is 10.9 Å². The number of hydrogen-bond acceptors (Lipinski definition) is 0. The van der Waals surface area contributed by atoms with E-state index in [0.717, 1.165) is 34.2 Å². The van der Waals surface area contributed by atoms with Gasteiger partial charge in [-0.05, 0) is 41.5 Å². The van der Waals surface area contributed by atoms with Crippen LogP contribution in [0.1, 0.15) is 5.56 Å². The first-order valence-corrected chi connectivity index (χ1v) is 5.70. The largest absolute Gasteiger partial charge is 0.416 e. The quantitative estimate of drug-likeness (QED) is 0.655. The number of nitrogens with one attached hydrogen (secondary N) is 1. The summed E-state index contributed by atoms with van der Waals surface area (Å²) in [5, 5.41) is 0.984. The molecule has 3 rings (SSSR count). The fourth-order valence-corrected chi connectivity index (χ4v) is 2.02. The minimum atomic E-state index is -4.29. The lowest BCUT2D eigenvalue weighted by Crippen LogP contribution is -2.03. The Morgan fingerprint density at radius 2 is 1.58 bits per heavy atom. The molecule has 0 bridgehead atoms. The number of benzene rings is 2. The van der Waals surface area contributed by atoms with Crippen LogP contribution in [0.3, 0.4) is 0 Å². The molecule has 0 aliphatic rings. The number of halogens is 3. The first-order valence-electron chi connectivity index (χ1n) is 5.70. The molecule has 0 atom stereocenters. The molecule has 1 radical (unpaired) electrons. The molecule has 0 unspecified atom stereocenters. The first-order chi connectivity index (χ1) is 9.04. The van der Waals surface area contributed by atoms with Crippen LogP contribution in [0.25, 0.3) is 22.0 Å². The molecular weight excluding hydrogens is 251 g/mol. The van der Waals surface area contributed by atoms with Gasteiger partial charge in [0.1, 0.15) is 0 Å². The van der Waals surface area contributed by atoms with Crippen molar-refractivity contribution in [2.45, 2.75) is 6.18 Å². The van der Waals surface area contributed by atoms with Gasteiger partial charge in [-0.3, -0.25) is 0 Å². The molecule has 3 aromatic rings. The molecule has 0 saturated heterocycles. The van der Waals surface area contributed by atoms with Crippen LogP contribution >= 0.6 is 0 Å². The van der Waals surface area contributed by atoms with Crippen LogP contribution < -0.4 is 0 Å². The highest BCUT2D eigenvalue weighted by Crippen LogP contribution is 2.31. The Morgan fingerprint density at radius 1 is 0.895 bits per heavy atom. The summed E-state index contributed by atoms with van der Waals surface area (Å²) < 4.78 is 37.4. The van der Waals surface area contributed by atoms with Crippen LogP contribution in [-0.4, -0.2) is 4.98 Å². The maximum atomic E-state index is 12.5. The Bertz CT molecular complexity index is 708. The van der Waals surface area contributed by atoms with Gasteiger partial charge >= 0.3 is 6.18 Å². The number of fused-ring (bicyclic) bond motifs is 1. The van der Waals surface area contributed by atoms with Gasteiger partial charge in [-0.25, -0.2) is 0 Å². The molecule has 95 valence electrons. The molecule has 2 aromatic carbocycles. The average molecular weight is 260 g/mol. The monoisotopic (exact) mass is 260 g/mol. The Hall–Kier alpha value is -2.23. The predicted molar refractivity (Wildman–Crippen MR) is 67.6 cm³/mol. The summed E-state index contributed by atoms with van der Waals surface area (Å²) in [4.78, 5) is 2.95. The lowest BCUT2D eigenvalue weighted by atomic mass is 10.0. The van der Waals surface area contributed by atoms with Crippen molar-refractivity contribution in [1.82, 2.24) is 4.98 Å². The molecule has 0 amide bonds. The van der Waals surface area contributed by atoms with E-state index in [1.807, 2.05) is 24.3 Å². The molecule has 1 N–H and O–H groups in total. The lowest BCUT2D eigenvalue weighted by molar-refractivity contribution is -0.137. The topological polar surface area (TPSA) is 15.8 Å². The SMILES string of the molecule is FC(F)(F)c1ccc(-c2ccc3[nH][c]cc3c2)cc1. The zero-order chi connectivity index (χ0) is 13.5. The lowest BCUT2D eigenvalue weighted by Gasteiger charge is -2.08. The minimum absolute atomic E-state index is 0.632. The molecule has 1 nitrogen and oxygen atoms in total. The summed E-state index contributed by atoms with van der Waals surface area (Å²) in [5.41, 5.74) is 1.97. The summed E-state index contributed by atoms with van der Waals surface area (Å²) in [6.07, 6.45) is -1.42. The molecule has 19 heavy (non-hydrogen) atoms. The van der Waals surface area contributed by atoms with Crippen LogP contribution in [-0.2, 0) is 6.18 Å². The van der Waals surface area contributed by atoms with Gasteiger partial charge in [0.25, 0.3) is 0 Å². The molecule has 4 heteroatoms. The van der Waals surface area contributed by atoms with Gasteiger partial charge in [-0.2, -0.15) is 13.2 Å². The number of H-pyrrole nitrogens is 1. The summed E-state index contributed by atoms with van der Waals surface area (Å²) in [6.45, 7) is 0. The molecule has 1 aromatic heterocycles. The van der Waals surface area contributed by atoms with Gasteiger partial charge < -0.3 is 4.98 Å². The summed E-state index contributed by atoms with van der Waals surface area (Å²) in [5.74, 6) is 0. The Labute approximate surface area is 107 Å². The van der Waals surface area contributed by atoms with Crippen molar-refractivity contribution in [2.24, 2.45) is 0 Å². The van der Waals surface area contributed by atoms with E-state index in [2.05, 4.69) is 11.2 Å². The fourth-order valence-electron chi connectivity index (χ4n) is 2.02. The van der Waals surface area contributed by atoms with Crippen LogP contribution in [0.2, 0.25) is 0 Å². The second kappa shape index (κ2) is 4.16. The zero-order valence-electron chi connectivity index (χ0n) is 9.75.